The zero-order valence-corrected chi connectivity index (χ0v) is 9.65. The molecule has 0 spiro atoms. The van der Waals surface area contributed by atoms with Gasteiger partial charge in [-0.05, 0) is 44.0 Å². The normalized spacial score (nSPS) is 16.1. The van der Waals surface area contributed by atoms with Crippen LogP contribution in [-0.2, 0) is 6.42 Å². The SMILES string of the molecule is CC1(C)Cc2cc(C(N)=O)ccc2N1.Cl. The molecule has 15 heavy (non-hydrogen) atoms. The number of primary amides is 1. The Kier molecular flexibility index (Phi) is 2.95. The van der Waals surface area contributed by atoms with E-state index in [1.807, 2.05) is 12.1 Å². The van der Waals surface area contributed by atoms with Crippen LogP contribution in [0.5, 0.6) is 0 Å². The average Bonchev–Trinajstić information content (AvgIpc) is 2.36. The Bertz CT molecular complexity index is 402. The Labute approximate surface area is 95.5 Å². The molecular weight excluding hydrogens is 212 g/mol. The van der Waals surface area contributed by atoms with E-state index >= 15 is 0 Å². The van der Waals surface area contributed by atoms with Gasteiger partial charge in [0.1, 0.15) is 0 Å². The average molecular weight is 227 g/mol. The summed E-state index contributed by atoms with van der Waals surface area (Å²) in [5, 5.41) is 3.39. The van der Waals surface area contributed by atoms with E-state index in [-0.39, 0.29) is 23.9 Å². The maximum Gasteiger partial charge on any atom is 0.248 e. The largest absolute Gasteiger partial charge is 0.380 e. The molecule has 3 N–H and O–H groups in total. The van der Waals surface area contributed by atoms with Gasteiger partial charge in [0, 0.05) is 16.8 Å². The molecule has 1 amide bonds. The highest BCUT2D eigenvalue weighted by Crippen LogP contribution is 2.32. The van der Waals surface area contributed by atoms with Crippen molar-refractivity contribution in [3.8, 4) is 0 Å². The van der Waals surface area contributed by atoms with Gasteiger partial charge in [-0.1, -0.05) is 0 Å². The highest BCUT2D eigenvalue weighted by molar-refractivity contribution is 5.93. The highest BCUT2D eigenvalue weighted by atomic mass is 35.5. The lowest BCUT2D eigenvalue weighted by Crippen LogP contribution is -2.26. The number of amides is 1. The molecule has 1 aromatic rings. The second kappa shape index (κ2) is 3.74. The lowest BCUT2D eigenvalue weighted by atomic mass is 9.99. The number of anilines is 1. The minimum atomic E-state index is -0.363. The minimum absolute atomic E-state index is 0. The second-order valence-corrected chi connectivity index (χ2v) is 4.42. The topological polar surface area (TPSA) is 55.1 Å². The van der Waals surface area contributed by atoms with Crippen LogP contribution in [0.4, 0.5) is 5.69 Å². The van der Waals surface area contributed by atoms with E-state index in [4.69, 9.17) is 5.73 Å². The number of benzene rings is 1. The van der Waals surface area contributed by atoms with Crippen LogP contribution in [0.15, 0.2) is 18.2 Å². The van der Waals surface area contributed by atoms with Crippen molar-refractivity contribution in [3.63, 3.8) is 0 Å². The first kappa shape index (κ1) is 11.9. The Morgan fingerprint density at radius 3 is 2.73 bits per heavy atom. The number of halogens is 1. The number of carbonyl (C=O) groups excluding carboxylic acids is 1. The van der Waals surface area contributed by atoms with E-state index in [1.54, 1.807) is 6.07 Å². The number of carbonyl (C=O) groups is 1. The van der Waals surface area contributed by atoms with Crippen molar-refractivity contribution in [1.29, 1.82) is 0 Å². The third-order valence-electron chi connectivity index (χ3n) is 2.50. The summed E-state index contributed by atoms with van der Waals surface area (Å²) in [6.07, 6.45) is 0.934. The highest BCUT2D eigenvalue weighted by Gasteiger charge is 2.27. The van der Waals surface area contributed by atoms with Gasteiger partial charge in [-0.15, -0.1) is 12.4 Å². The van der Waals surface area contributed by atoms with Crippen molar-refractivity contribution in [2.45, 2.75) is 25.8 Å². The van der Waals surface area contributed by atoms with Crippen LogP contribution in [-0.4, -0.2) is 11.4 Å². The fourth-order valence-corrected chi connectivity index (χ4v) is 1.90. The Morgan fingerprint density at radius 2 is 2.13 bits per heavy atom. The molecule has 82 valence electrons. The summed E-state index contributed by atoms with van der Waals surface area (Å²) in [5.41, 5.74) is 8.17. The molecule has 1 aliphatic rings. The molecule has 0 saturated carbocycles. The van der Waals surface area contributed by atoms with Gasteiger partial charge in [-0.2, -0.15) is 0 Å². The van der Waals surface area contributed by atoms with Gasteiger partial charge in [-0.25, -0.2) is 0 Å². The van der Waals surface area contributed by atoms with Crippen LogP contribution in [0.1, 0.15) is 29.8 Å². The predicted octanol–water partition coefficient (Wildman–Crippen LogP) is 1.95. The van der Waals surface area contributed by atoms with Gasteiger partial charge in [0.25, 0.3) is 0 Å². The van der Waals surface area contributed by atoms with Crippen molar-refractivity contribution in [2.75, 3.05) is 5.32 Å². The number of rotatable bonds is 1. The van der Waals surface area contributed by atoms with Crippen LogP contribution < -0.4 is 11.1 Å². The number of fused-ring (bicyclic) bond motifs is 1. The fourth-order valence-electron chi connectivity index (χ4n) is 1.90. The van der Waals surface area contributed by atoms with Crippen molar-refractivity contribution >= 4 is 24.0 Å². The van der Waals surface area contributed by atoms with Gasteiger partial charge in [0.05, 0.1) is 0 Å². The predicted molar refractivity (Wildman–Crippen MR) is 63.6 cm³/mol. The number of nitrogens with two attached hydrogens (primary N) is 1. The summed E-state index contributed by atoms with van der Waals surface area (Å²) in [4.78, 5) is 11.0. The second-order valence-electron chi connectivity index (χ2n) is 4.42. The third-order valence-corrected chi connectivity index (χ3v) is 2.50. The molecule has 0 unspecified atom stereocenters. The van der Waals surface area contributed by atoms with E-state index < -0.39 is 0 Å². The summed E-state index contributed by atoms with van der Waals surface area (Å²) in [6, 6.07) is 5.55. The molecule has 1 aromatic carbocycles. The maximum absolute atomic E-state index is 11.0. The van der Waals surface area contributed by atoms with Crippen molar-refractivity contribution in [1.82, 2.24) is 0 Å². The molecule has 0 aromatic heterocycles. The molecule has 3 nitrogen and oxygen atoms in total. The van der Waals surface area contributed by atoms with E-state index in [2.05, 4.69) is 19.2 Å². The number of hydrogen-bond donors (Lipinski definition) is 2. The summed E-state index contributed by atoms with van der Waals surface area (Å²) in [7, 11) is 0. The molecule has 0 aliphatic carbocycles. The first-order chi connectivity index (χ1) is 6.48. The molecule has 0 radical (unpaired) electrons. The zero-order valence-electron chi connectivity index (χ0n) is 8.83. The molecule has 0 fully saturated rings. The zero-order chi connectivity index (χ0) is 10.3. The van der Waals surface area contributed by atoms with Crippen LogP contribution in [0.2, 0.25) is 0 Å². The van der Waals surface area contributed by atoms with Gasteiger partial charge >= 0.3 is 0 Å². The van der Waals surface area contributed by atoms with E-state index in [0.29, 0.717) is 5.56 Å². The molecule has 2 rings (SSSR count). The van der Waals surface area contributed by atoms with Gasteiger partial charge in [0.15, 0.2) is 0 Å². The van der Waals surface area contributed by atoms with Crippen LogP contribution in [0.3, 0.4) is 0 Å². The summed E-state index contributed by atoms with van der Waals surface area (Å²) in [5.74, 6) is -0.363. The lowest BCUT2D eigenvalue weighted by Gasteiger charge is -2.17. The monoisotopic (exact) mass is 226 g/mol. The van der Waals surface area contributed by atoms with Gasteiger partial charge in [-0.3, -0.25) is 4.79 Å². The van der Waals surface area contributed by atoms with Crippen LogP contribution in [0.25, 0.3) is 0 Å². The standard InChI is InChI=1S/C11H14N2O.ClH/c1-11(2)6-8-5-7(10(12)14)3-4-9(8)13-11;/h3-5,13H,6H2,1-2H3,(H2,12,14);1H. The minimum Gasteiger partial charge on any atom is -0.380 e. The van der Waals surface area contributed by atoms with Gasteiger partial charge in [0.2, 0.25) is 5.91 Å². The molecule has 1 heterocycles. The number of hydrogen-bond acceptors (Lipinski definition) is 2. The molecule has 0 bridgehead atoms. The fraction of sp³-hybridized carbons (Fsp3) is 0.364. The lowest BCUT2D eigenvalue weighted by molar-refractivity contribution is 0.1000. The van der Waals surface area contributed by atoms with Crippen LogP contribution >= 0.6 is 12.4 Å². The summed E-state index contributed by atoms with van der Waals surface area (Å²) in [6.45, 7) is 4.27. The molecule has 0 saturated heterocycles. The Hall–Kier alpha value is -1.22. The third kappa shape index (κ3) is 2.23. The smallest absolute Gasteiger partial charge is 0.248 e. The van der Waals surface area contributed by atoms with E-state index in [1.165, 1.54) is 5.56 Å². The first-order valence-corrected chi connectivity index (χ1v) is 4.69. The molecule has 1 aliphatic heterocycles. The maximum atomic E-state index is 11.0. The Balaban J connectivity index is 0.00000112. The number of nitrogens with one attached hydrogen (secondary N) is 1. The van der Waals surface area contributed by atoms with E-state index in [9.17, 15) is 4.79 Å². The summed E-state index contributed by atoms with van der Waals surface area (Å²) >= 11 is 0. The van der Waals surface area contributed by atoms with E-state index in [0.717, 1.165) is 12.1 Å². The Morgan fingerprint density at radius 1 is 1.47 bits per heavy atom. The van der Waals surface area contributed by atoms with Crippen LogP contribution in [0, 0.1) is 0 Å². The summed E-state index contributed by atoms with van der Waals surface area (Å²) < 4.78 is 0. The molecule has 4 heteroatoms. The van der Waals surface area contributed by atoms with Crippen molar-refractivity contribution in [3.05, 3.63) is 29.3 Å². The first-order valence-electron chi connectivity index (χ1n) is 4.69. The van der Waals surface area contributed by atoms with Gasteiger partial charge < -0.3 is 11.1 Å². The van der Waals surface area contributed by atoms with Crippen molar-refractivity contribution in [2.24, 2.45) is 5.73 Å². The van der Waals surface area contributed by atoms with Crippen molar-refractivity contribution < 1.29 is 4.79 Å². The molecule has 0 atom stereocenters. The quantitative estimate of drug-likeness (QED) is 0.769. The molecular formula is C11H15ClN2O.